The van der Waals surface area contributed by atoms with E-state index in [0.29, 0.717) is 22.3 Å². The Morgan fingerprint density at radius 3 is 2.62 bits per heavy atom. The fourth-order valence-corrected chi connectivity index (χ4v) is 2.58. The molecule has 0 aliphatic rings. The maximum Gasteiger partial charge on any atom is 0.280 e. The van der Waals surface area contributed by atoms with Crippen molar-refractivity contribution in [3.05, 3.63) is 69.8 Å². The van der Waals surface area contributed by atoms with E-state index in [9.17, 15) is 4.79 Å². The number of nitrogens with zero attached hydrogens (tertiary/aromatic N) is 3. The standard InChI is InChI=1S/C16H13Cl2N5O/c17-11-6-7-13(12(18)8-11)20-16(24)14-15(19)23(22-21-14)9-10-4-2-1-3-5-10/h1-8H,9,19H2,(H,20,24). The third-order valence-corrected chi connectivity index (χ3v) is 3.89. The number of benzene rings is 2. The summed E-state index contributed by atoms with van der Waals surface area (Å²) in [4.78, 5) is 12.3. The maximum absolute atomic E-state index is 12.3. The summed E-state index contributed by atoms with van der Waals surface area (Å²) in [6.45, 7) is 0.425. The number of halogens is 2. The normalized spacial score (nSPS) is 10.6. The van der Waals surface area contributed by atoms with E-state index in [2.05, 4.69) is 15.6 Å². The second kappa shape index (κ2) is 6.90. The first-order valence-electron chi connectivity index (χ1n) is 7.04. The Kier molecular flexibility index (Phi) is 4.69. The molecule has 24 heavy (non-hydrogen) atoms. The SMILES string of the molecule is Nc1c(C(=O)Nc2ccc(Cl)cc2Cl)nnn1Cc1ccccc1. The van der Waals surface area contributed by atoms with E-state index in [-0.39, 0.29) is 11.5 Å². The van der Waals surface area contributed by atoms with Crippen molar-refractivity contribution in [2.24, 2.45) is 0 Å². The van der Waals surface area contributed by atoms with Crippen LogP contribution in [0.4, 0.5) is 11.5 Å². The molecule has 3 aromatic rings. The molecule has 0 aliphatic heterocycles. The molecule has 0 atom stereocenters. The Labute approximate surface area is 148 Å². The summed E-state index contributed by atoms with van der Waals surface area (Å²) >= 11 is 11.9. The molecule has 3 N–H and O–H groups in total. The topological polar surface area (TPSA) is 85.8 Å². The van der Waals surface area contributed by atoms with Gasteiger partial charge < -0.3 is 11.1 Å². The lowest BCUT2D eigenvalue weighted by Gasteiger charge is -2.07. The van der Waals surface area contributed by atoms with Crippen LogP contribution in [-0.4, -0.2) is 20.9 Å². The summed E-state index contributed by atoms with van der Waals surface area (Å²) in [5, 5.41) is 11.2. The monoisotopic (exact) mass is 361 g/mol. The Balaban J connectivity index is 1.78. The number of aromatic nitrogens is 3. The van der Waals surface area contributed by atoms with Gasteiger partial charge in [0.15, 0.2) is 11.5 Å². The van der Waals surface area contributed by atoms with Crippen LogP contribution in [0.3, 0.4) is 0 Å². The molecule has 6 nitrogen and oxygen atoms in total. The third kappa shape index (κ3) is 3.50. The molecule has 1 amide bonds. The summed E-state index contributed by atoms with van der Waals surface area (Å²) in [5.41, 5.74) is 7.45. The molecule has 3 rings (SSSR count). The van der Waals surface area contributed by atoms with Gasteiger partial charge in [0.25, 0.3) is 5.91 Å². The molecule has 0 saturated carbocycles. The number of nitrogen functional groups attached to an aromatic ring is 1. The minimum absolute atomic E-state index is 0.0388. The van der Waals surface area contributed by atoms with Gasteiger partial charge in [-0.2, -0.15) is 0 Å². The van der Waals surface area contributed by atoms with E-state index >= 15 is 0 Å². The second-order valence-electron chi connectivity index (χ2n) is 5.04. The molecule has 0 spiro atoms. The van der Waals surface area contributed by atoms with Crippen molar-refractivity contribution >= 4 is 40.6 Å². The number of nitrogens with two attached hydrogens (primary N) is 1. The van der Waals surface area contributed by atoms with E-state index in [1.165, 1.54) is 10.7 Å². The van der Waals surface area contributed by atoms with Gasteiger partial charge in [0, 0.05) is 5.02 Å². The average Bonchev–Trinajstić information content (AvgIpc) is 2.92. The zero-order valence-electron chi connectivity index (χ0n) is 12.4. The molecule has 122 valence electrons. The highest BCUT2D eigenvalue weighted by molar-refractivity contribution is 6.36. The Morgan fingerprint density at radius 1 is 1.17 bits per heavy atom. The Morgan fingerprint density at radius 2 is 1.92 bits per heavy atom. The van der Waals surface area contributed by atoms with E-state index < -0.39 is 5.91 Å². The molecule has 0 radical (unpaired) electrons. The number of hydrogen-bond donors (Lipinski definition) is 2. The lowest BCUT2D eigenvalue weighted by molar-refractivity contribution is 0.102. The van der Waals surface area contributed by atoms with E-state index in [0.717, 1.165) is 5.56 Å². The fraction of sp³-hybridized carbons (Fsp3) is 0.0625. The van der Waals surface area contributed by atoms with Crippen molar-refractivity contribution in [1.82, 2.24) is 15.0 Å². The molecule has 0 saturated heterocycles. The van der Waals surface area contributed by atoms with Gasteiger partial charge in [0.1, 0.15) is 0 Å². The summed E-state index contributed by atoms with van der Waals surface area (Å²) in [6.07, 6.45) is 0. The van der Waals surface area contributed by atoms with Gasteiger partial charge in [-0.1, -0.05) is 58.7 Å². The van der Waals surface area contributed by atoms with Crippen molar-refractivity contribution in [3.8, 4) is 0 Å². The maximum atomic E-state index is 12.3. The second-order valence-corrected chi connectivity index (χ2v) is 5.89. The average molecular weight is 362 g/mol. The summed E-state index contributed by atoms with van der Waals surface area (Å²) in [6, 6.07) is 14.4. The first kappa shape index (κ1) is 16.3. The molecule has 1 aromatic heterocycles. The molecule has 0 fully saturated rings. The largest absolute Gasteiger partial charge is 0.382 e. The molecular formula is C16H13Cl2N5O. The number of rotatable bonds is 4. The molecule has 1 heterocycles. The number of anilines is 2. The van der Waals surface area contributed by atoms with Crippen LogP contribution < -0.4 is 11.1 Å². The van der Waals surface area contributed by atoms with Gasteiger partial charge in [0.05, 0.1) is 17.3 Å². The minimum atomic E-state index is -0.490. The third-order valence-electron chi connectivity index (χ3n) is 3.34. The molecule has 8 heteroatoms. The molecular weight excluding hydrogens is 349 g/mol. The van der Waals surface area contributed by atoms with Crippen LogP contribution in [0, 0.1) is 0 Å². The van der Waals surface area contributed by atoms with Gasteiger partial charge in [-0.3, -0.25) is 4.79 Å². The predicted octanol–water partition coefficient (Wildman–Crippen LogP) is 3.47. The first-order chi connectivity index (χ1) is 11.5. The van der Waals surface area contributed by atoms with Crippen LogP contribution in [0.5, 0.6) is 0 Å². The Hall–Kier alpha value is -2.57. The van der Waals surface area contributed by atoms with Crippen LogP contribution in [-0.2, 0) is 6.54 Å². The highest BCUT2D eigenvalue weighted by Crippen LogP contribution is 2.26. The van der Waals surface area contributed by atoms with Crippen molar-refractivity contribution in [2.75, 3.05) is 11.1 Å². The number of amides is 1. The fourth-order valence-electron chi connectivity index (χ4n) is 2.13. The molecule has 0 aliphatic carbocycles. The lowest BCUT2D eigenvalue weighted by Crippen LogP contribution is -2.15. The number of carbonyl (C=O) groups excluding carboxylic acids is 1. The molecule has 2 aromatic carbocycles. The van der Waals surface area contributed by atoms with Crippen molar-refractivity contribution < 1.29 is 4.79 Å². The zero-order chi connectivity index (χ0) is 17.1. The van der Waals surface area contributed by atoms with E-state index in [1.807, 2.05) is 30.3 Å². The summed E-state index contributed by atoms with van der Waals surface area (Å²) < 4.78 is 1.47. The van der Waals surface area contributed by atoms with Gasteiger partial charge in [-0.25, -0.2) is 4.68 Å². The van der Waals surface area contributed by atoms with Crippen molar-refractivity contribution in [1.29, 1.82) is 0 Å². The highest BCUT2D eigenvalue weighted by Gasteiger charge is 2.18. The van der Waals surface area contributed by atoms with E-state index in [4.69, 9.17) is 28.9 Å². The van der Waals surface area contributed by atoms with Gasteiger partial charge in [0.2, 0.25) is 0 Å². The van der Waals surface area contributed by atoms with Crippen LogP contribution in [0.15, 0.2) is 48.5 Å². The summed E-state index contributed by atoms with van der Waals surface area (Å²) in [7, 11) is 0. The predicted molar refractivity (Wildman–Crippen MR) is 94.4 cm³/mol. The van der Waals surface area contributed by atoms with Crippen molar-refractivity contribution in [2.45, 2.75) is 6.54 Å². The minimum Gasteiger partial charge on any atom is -0.382 e. The first-order valence-corrected chi connectivity index (χ1v) is 7.79. The van der Waals surface area contributed by atoms with Gasteiger partial charge >= 0.3 is 0 Å². The van der Waals surface area contributed by atoms with Crippen LogP contribution >= 0.6 is 23.2 Å². The van der Waals surface area contributed by atoms with Crippen LogP contribution in [0.25, 0.3) is 0 Å². The molecule has 0 unspecified atom stereocenters. The number of hydrogen-bond acceptors (Lipinski definition) is 4. The number of carbonyl (C=O) groups is 1. The van der Waals surface area contributed by atoms with Gasteiger partial charge in [-0.15, -0.1) is 5.10 Å². The van der Waals surface area contributed by atoms with Crippen LogP contribution in [0.2, 0.25) is 10.0 Å². The highest BCUT2D eigenvalue weighted by atomic mass is 35.5. The van der Waals surface area contributed by atoms with Crippen LogP contribution in [0.1, 0.15) is 16.1 Å². The van der Waals surface area contributed by atoms with Gasteiger partial charge in [-0.05, 0) is 23.8 Å². The zero-order valence-corrected chi connectivity index (χ0v) is 13.9. The van der Waals surface area contributed by atoms with Crippen molar-refractivity contribution in [3.63, 3.8) is 0 Å². The van der Waals surface area contributed by atoms with E-state index in [1.54, 1.807) is 12.1 Å². The number of nitrogens with one attached hydrogen (secondary N) is 1. The Bertz CT molecular complexity index is 879. The molecule has 0 bridgehead atoms. The smallest absolute Gasteiger partial charge is 0.280 e. The lowest BCUT2D eigenvalue weighted by atomic mass is 10.2. The summed E-state index contributed by atoms with van der Waals surface area (Å²) in [5.74, 6) is -0.308. The quantitative estimate of drug-likeness (QED) is 0.744.